The molecular weight excluding hydrogens is 172 g/mol. The minimum absolute atomic E-state index is 0.0788. The van der Waals surface area contributed by atoms with E-state index in [1.807, 2.05) is 13.8 Å². The van der Waals surface area contributed by atoms with Gasteiger partial charge in [0.05, 0.1) is 13.2 Å². The second-order valence-electron chi connectivity index (χ2n) is 3.96. The second kappa shape index (κ2) is 3.20. The van der Waals surface area contributed by atoms with Crippen LogP contribution in [0.25, 0.3) is 0 Å². The lowest BCUT2D eigenvalue weighted by atomic mass is 10.2. The van der Waals surface area contributed by atoms with Crippen molar-refractivity contribution in [3.05, 3.63) is 0 Å². The van der Waals surface area contributed by atoms with Gasteiger partial charge in [-0.3, -0.25) is 0 Å². The minimum atomic E-state index is -0.450. The van der Waals surface area contributed by atoms with Crippen molar-refractivity contribution >= 4 is 0 Å². The number of epoxide rings is 1. The number of hydrogen-bond donors (Lipinski definition) is 0. The van der Waals surface area contributed by atoms with E-state index in [2.05, 4.69) is 0 Å². The smallest absolute Gasteiger partial charge is 0.163 e. The lowest BCUT2D eigenvalue weighted by Gasteiger charge is -2.16. The van der Waals surface area contributed by atoms with E-state index in [1.165, 1.54) is 0 Å². The molecule has 0 bridgehead atoms. The third-order valence-corrected chi connectivity index (χ3v) is 2.35. The van der Waals surface area contributed by atoms with Gasteiger partial charge in [0.1, 0.15) is 18.3 Å². The van der Waals surface area contributed by atoms with Crippen LogP contribution in [0.15, 0.2) is 0 Å². The van der Waals surface area contributed by atoms with Gasteiger partial charge in [-0.25, -0.2) is 0 Å². The Labute approximate surface area is 78.1 Å². The van der Waals surface area contributed by atoms with Crippen molar-refractivity contribution < 1.29 is 18.9 Å². The van der Waals surface area contributed by atoms with E-state index in [0.29, 0.717) is 13.2 Å². The van der Waals surface area contributed by atoms with Gasteiger partial charge >= 0.3 is 0 Å². The van der Waals surface area contributed by atoms with Crippen molar-refractivity contribution in [1.29, 1.82) is 0 Å². The van der Waals surface area contributed by atoms with Gasteiger partial charge in [-0.1, -0.05) is 0 Å². The quantitative estimate of drug-likeness (QED) is 0.606. The monoisotopic (exact) mass is 188 g/mol. The van der Waals surface area contributed by atoms with Crippen LogP contribution in [-0.2, 0) is 18.9 Å². The van der Waals surface area contributed by atoms with Crippen molar-refractivity contribution in [3.8, 4) is 0 Å². The molecule has 76 valence electrons. The Kier molecular flexibility index (Phi) is 2.32. The van der Waals surface area contributed by atoms with Gasteiger partial charge in [0.15, 0.2) is 5.79 Å². The standard InChI is InChI=1S/C9H16O4/c1-9(2)11-5-7(13-9)8-6(12-8)4-10-3/h6-8H,4-5H2,1-3H3/t6-,7+,8+/m0/s1. The van der Waals surface area contributed by atoms with E-state index in [1.54, 1.807) is 7.11 Å². The fourth-order valence-electron chi connectivity index (χ4n) is 1.66. The molecule has 4 nitrogen and oxygen atoms in total. The fraction of sp³-hybridized carbons (Fsp3) is 1.00. The zero-order valence-corrected chi connectivity index (χ0v) is 8.28. The molecule has 3 atom stereocenters. The largest absolute Gasteiger partial charge is 0.382 e. The molecule has 0 saturated carbocycles. The molecule has 0 spiro atoms. The highest BCUT2D eigenvalue weighted by molar-refractivity contribution is 4.94. The molecule has 4 heteroatoms. The van der Waals surface area contributed by atoms with Crippen molar-refractivity contribution in [2.75, 3.05) is 20.3 Å². The molecule has 0 N–H and O–H groups in total. The number of ether oxygens (including phenoxy) is 4. The number of hydrogen-bond acceptors (Lipinski definition) is 4. The molecule has 2 aliphatic rings. The van der Waals surface area contributed by atoms with E-state index in [-0.39, 0.29) is 18.3 Å². The first-order chi connectivity index (χ1) is 6.12. The van der Waals surface area contributed by atoms with E-state index in [4.69, 9.17) is 18.9 Å². The Bertz CT molecular complexity index is 192. The predicted molar refractivity (Wildman–Crippen MR) is 45.4 cm³/mol. The molecule has 2 heterocycles. The van der Waals surface area contributed by atoms with Crippen molar-refractivity contribution in [2.45, 2.75) is 37.9 Å². The summed E-state index contributed by atoms with van der Waals surface area (Å²) in [6.07, 6.45) is 0.448. The highest BCUT2D eigenvalue weighted by atomic mass is 16.8. The van der Waals surface area contributed by atoms with Crippen LogP contribution in [0.5, 0.6) is 0 Å². The molecule has 2 fully saturated rings. The zero-order chi connectivity index (χ0) is 9.47. The third-order valence-electron chi connectivity index (χ3n) is 2.35. The molecular formula is C9H16O4. The molecule has 0 radical (unpaired) electrons. The van der Waals surface area contributed by atoms with E-state index in [9.17, 15) is 0 Å². The molecule has 0 aromatic carbocycles. The molecule has 0 unspecified atom stereocenters. The van der Waals surface area contributed by atoms with Crippen molar-refractivity contribution in [3.63, 3.8) is 0 Å². The molecule has 0 aromatic rings. The summed E-state index contributed by atoms with van der Waals surface area (Å²) in [7, 11) is 1.68. The molecule has 0 aliphatic carbocycles. The number of rotatable bonds is 3. The summed E-state index contributed by atoms with van der Waals surface area (Å²) in [5, 5.41) is 0. The normalized spacial score (nSPS) is 42.2. The maximum Gasteiger partial charge on any atom is 0.163 e. The van der Waals surface area contributed by atoms with Crippen LogP contribution in [-0.4, -0.2) is 44.4 Å². The van der Waals surface area contributed by atoms with Crippen molar-refractivity contribution in [2.24, 2.45) is 0 Å². The zero-order valence-electron chi connectivity index (χ0n) is 8.28. The van der Waals surface area contributed by atoms with Gasteiger partial charge in [0.25, 0.3) is 0 Å². The second-order valence-corrected chi connectivity index (χ2v) is 3.96. The molecule has 2 rings (SSSR count). The highest BCUT2D eigenvalue weighted by Gasteiger charge is 2.50. The maximum absolute atomic E-state index is 5.65. The Hall–Kier alpha value is -0.160. The SMILES string of the molecule is COC[C@@H]1O[C@H]1[C@H]1COC(C)(C)O1. The summed E-state index contributed by atoms with van der Waals surface area (Å²) in [5.41, 5.74) is 0. The lowest BCUT2D eigenvalue weighted by Crippen LogP contribution is -2.25. The van der Waals surface area contributed by atoms with Gasteiger partial charge in [-0.15, -0.1) is 0 Å². The lowest BCUT2D eigenvalue weighted by molar-refractivity contribution is -0.140. The summed E-state index contributed by atoms with van der Waals surface area (Å²) < 4.78 is 21.5. The first-order valence-electron chi connectivity index (χ1n) is 4.58. The van der Waals surface area contributed by atoms with Crippen molar-refractivity contribution in [1.82, 2.24) is 0 Å². The summed E-state index contributed by atoms with van der Waals surface area (Å²) in [5.74, 6) is -0.450. The van der Waals surface area contributed by atoms with Crippen LogP contribution >= 0.6 is 0 Å². The minimum Gasteiger partial charge on any atom is -0.382 e. The highest BCUT2D eigenvalue weighted by Crippen LogP contribution is 2.34. The van der Waals surface area contributed by atoms with E-state index < -0.39 is 5.79 Å². The molecule has 0 amide bonds. The van der Waals surface area contributed by atoms with Crippen LogP contribution in [0.4, 0.5) is 0 Å². The first-order valence-corrected chi connectivity index (χ1v) is 4.58. The van der Waals surface area contributed by atoms with Gasteiger partial charge in [-0.05, 0) is 13.8 Å². The van der Waals surface area contributed by atoms with E-state index in [0.717, 1.165) is 0 Å². The van der Waals surface area contributed by atoms with E-state index >= 15 is 0 Å². The van der Waals surface area contributed by atoms with Gasteiger partial charge in [-0.2, -0.15) is 0 Å². The van der Waals surface area contributed by atoms with Gasteiger partial charge in [0.2, 0.25) is 0 Å². The first kappa shape index (κ1) is 9.40. The van der Waals surface area contributed by atoms with Crippen LogP contribution in [0, 0.1) is 0 Å². The van der Waals surface area contributed by atoms with Gasteiger partial charge in [0, 0.05) is 7.11 Å². The fourth-order valence-corrected chi connectivity index (χ4v) is 1.66. The molecule has 2 aliphatic heterocycles. The molecule has 0 aromatic heterocycles. The third kappa shape index (κ3) is 2.02. The Balaban J connectivity index is 1.79. The average molecular weight is 188 g/mol. The summed E-state index contributed by atoms with van der Waals surface area (Å²) in [4.78, 5) is 0. The summed E-state index contributed by atoms with van der Waals surface area (Å²) in [6.45, 7) is 5.10. The Morgan fingerprint density at radius 1 is 1.46 bits per heavy atom. The van der Waals surface area contributed by atoms with Gasteiger partial charge < -0.3 is 18.9 Å². The molecule has 13 heavy (non-hydrogen) atoms. The Morgan fingerprint density at radius 3 is 2.77 bits per heavy atom. The van der Waals surface area contributed by atoms with Crippen LogP contribution in [0.2, 0.25) is 0 Å². The van der Waals surface area contributed by atoms with Crippen LogP contribution < -0.4 is 0 Å². The topological polar surface area (TPSA) is 40.2 Å². The van der Waals surface area contributed by atoms with Crippen LogP contribution in [0.3, 0.4) is 0 Å². The summed E-state index contributed by atoms with van der Waals surface area (Å²) >= 11 is 0. The Morgan fingerprint density at radius 2 is 2.23 bits per heavy atom. The maximum atomic E-state index is 5.65. The van der Waals surface area contributed by atoms with Crippen LogP contribution in [0.1, 0.15) is 13.8 Å². The summed E-state index contributed by atoms with van der Waals surface area (Å²) in [6, 6.07) is 0. The molecule has 2 saturated heterocycles. The predicted octanol–water partition coefficient (Wildman–Crippen LogP) is 0.552. The average Bonchev–Trinajstić information content (AvgIpc) is 2.70. The number of methoxy groups -OCH3 is 1.